The molecule has 0 saturated heterocycles. The van der Waals surface area contributed by atoms with E-state index >= 15 is 0 Å². The molecule has 0 unspecified atom stereocenters. The first-order chi connectivity index (χ1) is 11.3. The van der Waals surface area contributed by atoms with E-state index in [0.29, 0.717) is 16.5 Å². The molecule has 5 heteroatoms. The van der Waals surface area contributed by atoms with Gasteiger partial charge in [0, 0.05) is 16.1 Å². The molecule has 4 aromatic rings. The van der Waals surface area contributed by atoms with Gasteiger partial charge in [0.25, 0.3) is 0 Å². The van der Waals surface area contributed by atoms with Crippen LogP contribution in [0.5, 0.6) is 0 Å². The van der Waals surface area contributed by atoms with Crippen LogP contribution in [0.15, 0.2) is 81.2 Å². The molecule has 0 spiro atoms. The van der Waals surface area contributed by atoms with E-state index in [-0.39, 0.29) is 0 Å². The molecule has 0 bridgehead atoms. The van der Waals surface area contributed by atoms with Gasteiger partial charge in [0.15, 0.2) is 5.58 Å². The first kappa shape index (κ1) is 14.3. The molecule has 23 heavy (non-hydrogen) atoms. The van der Waals surface area contributed by atoms with Crippen molar-refractivity contribution in [2.24, 2.45) is 0 Å². The van der Waals surface area contributed by atoms with Gasteiger partial charge in [0.2, 0.25) is 5.89 Å². The second kappa shape index (κ2) is 6.07. The van der Waals surface area contributed by atoms with Gasteiger partial charge in [-0.25, -0.2) is 9.97 Å². The smallest absolute Gasteiger partial charge is 0.230 e. The van der Waals surface area contributed by atoms with Crippen LogP contribution in [0, 0.1) is 0 Å². The molecule has 2 aromatic heterocycles. The predicted molar refractivity (Wildman–Crippen MR) is 92.8 cm³/mol. The highest BCUT2D eigenvalue weighted by Gasteiger charge is 2.14. The largest absolute Gasteiger partial charge is 0.436 e. The lowest BCUT2D eigenvalue weighted by molar-refractivity contribution is 0.617. The average molecular weight is 339 g/mol. The Hall–Kier alpha value is -2.30. The minimum Gasteiger partial charge on any atom is -0.436 e. The SMILES string of the molecule is Clc1ccc2oc(-c3cccnc3Sc3ccccc3)nc2c1. The highest BCUT2D eigenvalue weighted by atomic mass is 35.5. The summed E-state index contributed by atoms with van der Waals surface area (Å²) in [5.74, 6) is 0.550. The maximum absolute atomic E-state index is 6.01. The molecule has 0 saturated carbocycles. The number of aromatic nitrogens is 2. The zero-order chi connectivity index (χ0) is 15.6. The number of hydrogen-bond donors (Lipinski definition) is 0. The average Bonchev–Trinajstić information content (AvgIpc) is 2.99. The highest BCUT2D eigenvalue weighted by molar-refractivity contribution is 7.99. The van der Waals surface area contributed by atoms with Gasteiger partial charge in [0.1, 0.15) is 10.5 Å². The van der Waals surface area contributed by atoms with Crippen LogP contribution in [0.25, 0.3) is 22.6 Å². The van der Waals surface area contributed by atoms with Crippen molar-refractivity contribution in [1.82, 2.24) is 9.97 Å². The number of pyridine rings is 1. The second-order valence-corrected chi connectivity index (χ2v) is 6.40. The van der Waals surface area contributed by atoms with Crippen molar-refractivity contribution in [3.05, 3.63) is 71.9 Å². The Kier molecular flexibility index (Phi) is 3.77. The molecular formula is C18H11ClN2OS. The topological polar surface area (TPSA) is 38.9 Å². The van der Waals surface area contributed by atoms with E-state index in [2.05, 4.69) is 22.1 Å². The normalized spacial score (nSPS) is 11.0. The Balaban J connectivity index is 1.78. The van der Waals surface area contributed by atoms with E-state index in [0.717, 1.165) is 21.0 Å². The number of fused-ring (bicyclic) bond motifs is 1. The van der Waals surface area contributed by atoms with Gasteiger partial charge in [-0.05, 0) is 42.5 Å². The van der Waals surface area contributed by atoms with Crippen LogP contribution >= 0.6 is 23.4 Å². The molecule has 112 valence electrons. The van der Waals surface area contributed by atoms with Crippen molar-refractivity contribution in [3.63, 3.8) is 0 Å². The van der Waals surface area contributed by atoms with Crippen LogP contribution < -0.4 is 0 Å². The summed E-state index contributed by atoms with van der Waals surface area (Å²) in [6, 6.07) is 19.4. The maximum atomic E-state index is 6.01. The number of hydrogen-bond acceptors (Lipinski definition) is 4. The van der Waals surface area contributed by atoms with Gasteiger partial charge in [0.05, 0.1) is 5.56 Å². The van der Waals surface area contributed by atoms with Gasteiger partial charge >= 0.3 is 0 Å². The van der Waals surface area contributed by atoms with E-state index in [9.17, 15) is 0 Å². The van der Waals surface area contributed by atoms with Crippen LogP contribution in [0.3, 0.4) is 0 Å². The Labute approximate surface area is 142 Å². The molecule has 0 fully saturated rings. The van der Waals surface area contributed by atoms with E-state index < -0.39 is 0 Å². The quantitative estimate of drug-likeness (QED) is 0.480. The lowest BCUT2D eigenvalue weighted by atomic mass is 10.3. The first-order valence-corrected chi connectivity index (χ1v) is 8.23. The van der Waals surface area contributed by atoms with Crippen LogP contribution in [0.2, 0.25) is 5.02 Å². The van der Waals surface area contributed by atoms with Crippen molar-refractivity contribution >= 4 is 34.5 Å². The standard InChI is InChI=1S/C18H11ClN2OS/c19-12-8-9-16-15(11-12)21-17(22-16)14-7-4-10-20-18(14)23-13-5-2-1-3-6-13/h1-11H. The van der Waals surface area contributed by atoms with Crippen LogP contribution in [0.4, 0.5) is 0 Å². The zero-order valence-electron chi connectivity index (χ0n) is 11.9. The Morgan fingerprint density at radius 2 is 1.83 bits per heavy atom. The summed E-state index contributed by atoms with van der Waals surface area (Å²) < 4.78 is 5.86. The van der Waals surface area contributed by atoms with Gasteiger partial charge in [-0.2, -0.15) is 0 Å². The third kappa shape index (κ3) is 2.96. The minimum absolute atomic E-state index is 0.550. The van der Waals surface area contributed by atoms with E-state index in [1.165, 1.54) is 0 Å². The molecule has 0 amide bonds. The van der Waals surface area contributed by atoms with E-state index in [1.54, 1.807) is 30.1 Å². The molecule has 3 nitrogen and oxygen atoms in total. The van der Waals surface area contributed by atoms with Crippen molar-refractivity contribution in [3.8, 4) is 11.5 Å². The van der Waals surface area contributed by atoms with Gasteiger partial charge in [-0.15, -0.1) is 0 Å². The lowest BCUT2D eigenvalue weighted by Gasteiger charge is -2.04. The van der Waals surface area contributed by atoms with E-state index in [1.807, 2.05) is 36.4 Å². The van der Waals surface area contributed by atoms with Crippen molar-refractivity contribution < 1.29 is 4.42 Å². The Morgan fingerprint density at radius 1 is 0.957 bits per heavy atom. The molecule has 0 radical (unpaired) electrons. The number of oxazole rings is 1. The van der Waals surface area contributed by atoms with Gasteiger partial charge in [-0.1, -0.05) is 41.6 Å². The number of halogens is 1. The summed E-state index contributed by atoms with van der Waals surface area (Å²) in [4.78, 5) is 10.1. The van der Waals surface area contributed by atoms with Crippen LogP contribution in [-0.2, 0) is 0 Å². The zero-order valence-corrected chi connectivity index (χ0v) is 13.5. The minimum atomic E-state index is 0.550. The lowest BCUT2D eigenvalue weighted by Crippen LogP contribution is -1.86. The summed E-state index contributed by atoms with van der Waals surface area (Å²) in [6.45, 7) is 0. The molecule has 0 N–H and O–H groups in total. The monoisotopic (exact) mass is 338 g/mol. The Morgan fingerprint density at radius 3 is 2.70 bits per heavy atom. The van der Waals surface area contributed by atoms with Crippen LogP contribution in [-0.4, -0.2) is 9.97 Å². The summed E-state index contributed by atoms with van der Waals surface area (Å²) in [5, 5.41) is 1.50. The molecule has 0 aliphatic heterocycles. The molecule has 0 atom stereocenters. The van der Waals surface area contributed by atoms with Gasteiger partial charge in [-0.3, -0.25) is 0 Å². The molecule has 0 aliphatic rings. The van der Waals surface area contributed by atoms with Crippen molar-refractivity contribution in [2.75, 3.05) is 0 Å². The third-order valence-corrected chi connectivity index (χ3v) is 4.57. The predicted octanol–water partition coefficient (Wildman–Crippen LogP) is 5.69. The summed E-state index contributed by atoms with van der Waals surface area (Å²) in [7, 11) is 0. The highest BCUT2D eigenvalue weighted by Crippen LogP contribution is 2.35. The molecule has 2 aromatic carbocycles. The summed E-state index contributed by atoms with van der Waals surface area (Å²) in [6.07, 6.45) is 1.77. The first-order valence-electron chi connectivity index (χ1n) is 7.04. The number of rotatable bonds is 3. The molecule has 4 rings (SSSR count). The van der Waals surface area contributed by atoms with Crippen molar-refractivity contribution in [1.29, 1.82) is 0 Å². The Bertz CT molecular complexity index is 969. The summed E-state index contributed by atoms with van der Waals surface area (Å²) >= 11 is 7.60. The fourth-order valence-electron chi connectivity index (χ4n) is 2.25. The number of nitrogens with zero attached hydrogens (tertiary/aromatic N) is 2. The van der Waals surface area contributed by atoms with Gasteiger partial charge < -0.3 is 4.42 Å². The fourth-order valence-corrected chi connectivity index (χ4v) is 3.31. The molecular weight excluding hydrogens is 328 g/mol. The molecule has 2 heterocycles. The number of benzene rings is 2. The summed E-state index contributed by atoms with van der Waals surface area (Å²) in [5.41, 5.74) is 2.32. The molecule has 0 aliphatic carbocycles. The second-order valence-electron chi connectivity index (χ2n) is 4.90. The van der Waals surface area contributed by atoms with E-state index in [4.69, 9.17) is 16.0 Å². The van der Waals surface area contributed by atoms with Crippen molar-refractivity contribution in [2.45, 2.75) is 9.92 Å². The fraction of sp³-hybridized carbons (Fsp3) is 0. The van der Waals surface area contributed by atoms with Crippen LogP contribution in [0.1, 0.15) is 0 Å². The maximum Gasteiger partial charge on any atom is 0.230 e. The third-order valence-electron chi connectivity index (χ3n) is 3.31.